The molecule has 0 spiro atoms. The summed E-state index contributed by atoms with van der Waals surface area (Å²) < 4.78 is 0. The summed E-state index contributed by atoms with van der Waals surface area (Å²) in [7, 11) is 1.64. The topological polar surface area (TPSA) is 69.6 Å². The van der Waals surface area contributed by atoms with Crippen LogP contribution in [0.2, 0.25) is 0 Å². The highest BCUT2D eigenvalue weighted by molar-refractivity contribution is 5.97. The van der Waals surface area contributed by atoms with Crippen molar-refractivity contribution in [2.45, 2.75) is 26.3 Å². The van der Waals surface area contributed by atoms with Crippen LogP contribution in [0.5, 0.6) is 0 Å². The molecule has 0 heterocycles. The van der Waals surface area contributed by atoms with Gasteiger partial charge in [0, 0.05) is 24.7 Å². The third-order valence-electron chi connectivity index (χ3n) is 2.96. The molecule has 1 aromatic carbocycles. The van der Waals surface area contributed by atoms with Crippen molar-refractivity contribution in [3.05, 3.63) is 29.8 Å². The van der Waals surface area contributed by atoms with Crippen LogP contribution in [0.1, 0.15) is 30.6 Å². The van der Waals surface area contributed by atoms with E-state index >= 15 is 0 Å². The van der Waals surface area contributed by atoms with E-state index in [1.807, 2.05) is 0 Å². The standard InChI is InChI=1S/C14H20N2O3/c1-4-13(18)15-12-7-5-6-11(8-12)14(19)16(3)10(2)9-17/h5-8,10,17H,4,9H2,1-3H3,(H,15,18). The molecule has 5 heteroatoms. The lowest BCUT2D eigenvalue weighted by atomic mass is 10.1. The summed E-state index contributed by atoms with van der Waals surface area (Å²) >= 11 is 0. The minimum absolute atomic E-state index is 0.0888. The van der Waals surface area contributed by atoms with Crippen molar-refractivity contribution in [2.75, 3.05) is 19.0 Å². The van der Waals surface area contributed by atoms with Gasteiger partial charge in [-0.15, -0.1) is 0 Å². The van der Waals surface area contributed by atoms with E-state index in [4.69, 9.17) is 5.11 Å². The van der Waals surface area contributed by atoms with Gasteiger partial charge in [0.05, 0.1) is 12.6 Å². The number of carbonyl (C=O) groups is 2. The number of rotatable bonds is 5. The predicted octanol–water partition coefficient (Wildman–Crippen LogP) is 1.49. The molecule has 1 rings (SSSR count). The second-order valence-electron chi connectivity index (χ2n) is 4.43. The smallest absolute Gasteiger partial charge is 0.253 e. The minimum atomic E-state index is -0.249. The highest BCUT2D eigenvalue weighted by Crippen LogP contribution is 2.13. The maximum atomic E-state index is 12.2. The maximum Gasteiger partial charge on any atom is 0.253 e. The first-order valence-electron chi connectivity index (χ1n) is 6.27. The van der Waals surface area contributed by atoms with Gasteiger partial charge in [-0.3, -0.25) is 9.59 Å². The van der Waals surface area contributed by atoms with Crippen molar-refractivity contribution < 1.29 is 14.7 Å². The van der Waals surface area contributed by atoms with Gasteiger partial charge in [-0.05, 0) is 25.1 Å². The summed E-state index contributed by atoms with van der Waals surface area (Å²) in [5.74, 6) is -0.282. The Kier molecular flexibility index (Phi) is 5.51. The molecule has 0 aliphatic heterocycles. The fraction of sp³-hybridized carbons (Fsp3) is 0.429. The number of aliphatic hydroxyl groups excluding tert-OH is 1. The Labute approximate surface area is 113 Å². The van der Waals surface area contributed by atoms with Gasteiger partial charge in [0.15, 0.2) is 0 Å². The number of carbonyl (C=O) groups excluding carboxylic acids is 2. The second-order valence-corrected chi connectivity index (χ2v) is 4.43. The van der Waals surface area contributed by atoms with E-state index in [0.717, 1.165) is 0 Å². The van der Waals surface area contributed by atoms with Gasteiger partial charge in [-0.1, -0.05) is 13.0 Å². The number of anilines is 1. The Morgan fingerprint density at radius 2 is 2.11 bits per heavy atom. The molecule has 0 aliphatic carbocycles. The Bertz CT molecular complexity index is 460. The highest BCUT2D eigenvalue weighted by Gasteiger charge is 2.17. The molecule has 104 valence electrons. The summed E-state index contributed by atoms with van der Waals surface area (Å²) in [6.07, 6.45) is 0.389. The second kappa shape index (κ2) is 6.89. The number of likely N-dealkylation sites (N-methyl/N-ethyl adjacent to an activating group) is 1. The van der Waals surface area contributed by atoms with E-state index in [1.54, 1.807) is 45.2 Å². The van der Waals surface area contributed by atoms with E-state index < -0.39 is 0 Å². The van der Waals surface area contributed by atoms with E-state index in [-0.39, 0.29) is 24.5 Å². The number of aliphatic hydroxyl groups is 1. The predicted molar refractivity (Wildman–Crippen MR) is 74.0 cm³/mol. The quantitative estimate of drug-likeness (QED) is 0.846. The van der Waals surface area contributed by atoms with Crippen LogP contribution >= 0.6 is 0 Å². The molecule has 0 saturated carbocycles. The molecular formula is C14H20N2O3. The lowest BCUT2D eigenvalue weighted by Gasteiger charge is -2.23. The molecule has 0 aromatic heterocycles. The Hall–Kier alpha value is -1.88. The van der Waals surface area contributed by atoms with Gasteiger partial charge in [0.2, 0.25) is 5.91 Å². The average Bonchev–Trinajstić information content (AvgIpc) is 2.44. The molecule has 19 heavy (non-hydrogen) atoms. The zero-order chi connectivity index (χ0) is 14.4. The third kappa shape index (κ3) is 4.06. The summed E-state index contributed by atoms with van der Waals surface area (Å²) in [6.45, 7) is 3.44. The molecule has 0 radical (unpaired) electrons. The average molecular weight is 264 g/mol. The zero-order valence-corrected chi connectivity index (χ0v) is 11.5. The van der Waals surface area contributed by atoms with Crippen molar-refractivity contribution in [3.8, 4) is 0 Å². The lowest BCUT2D eigenvalue weighted by Crippen LogP contribution is -2.37. The van der Waals surface area contributed by atoms with Crippen molar-refractivity contribution in [2.24, 2.45) is 0 Å². The van der Waals surface area contributed by atoms with Gasteiger partial charge >= 0.3 is 0 Å². The molecule has 0 fully saturated rings. The largest absolute Gasteiger partial charge is 0.394 e. The number of amides is 2. The van der Waals surface area contributed by atoms with Crippen LogP contribution in [0.25, 0.3) is 0 Å². The lowest BCUT2D eigenvalue weighted by molar-refractivity contribution is -0.115. The molecule has 1 atom stereocenters. The van der Waals surface area contributed by atoms with Gasteiger partial charge in [0.25, 0.3) is 5.91 Å². The zero-order valence-electron chi connectivity index (χ0n) is 11.5. The molecule has 0 bridgehead atoms. The number of nitrogens with zero attached hydrogens (tertiary/aromatic N) is 1. The minimum Gasteiger partial charge on any atom is -0.394 e. The van der Waals surface area contributed by atoms with Crippen LogP contribution in [-0.4, -0.2) is 41.5 Å². The first kappa shape index (κ1) is 15.2. The number of nitrogens with one attached hydrogen (secondary N) is 1. The first-order chi connectivity index (χ1) is 8.99. The molecule has 0 saturated heterocycles. The summed E-state index contributed by atoms with van der Waals surface area (Å²) in [5.41, 5.74) is 1.08. The number of benzene rings is 1. The molecule has 5 nitrogen and oxygen atoms in total. The van der Waals surface area contributed by atoms with Crippen LogP contribution in [0.4, 0.5) is 5.69 Å². The van der Waals surface area contributed by atoms with Gasteiger partial charge < -0.3 is 15.3 Å². The molecular weight excluding hydrogens is 244 g/mol. The Morgan fingerprint density at radius 3 is 2.68 bits per heavy atom. The summed E-state index contributed by atoms with van der Waals surface area (Å²) in [6, 6.07) is 6.53. The van der Waals surface area contributed by atoms with Crippen molar-refractivity contribution in [3.63, 3.8) is 0 Å². The molecule has 2 amide bonds. The molecule has 0 aliphatic rings. The molecule has 1 unspecified atom stereocenters. The normalized spacial score (nSPS) is 11.8. The molecule has 1 aromatic rings. The Balaban J connectivity index is 2.87. The first-order valence-corrected chi connectivity index (χ1v) is 6.27. The van der Waals surface area contributed by atoms with Gasteiger partial charge in [-0.25, -0.2) is 0 Å². The van der Waals surface area contributed by atoms with Crippen molar-refractivity contribution in [1.29, 1.82) is 0 Å². The number of hydrogen-bond donors (Lipinski definition) is 2. The van der Waals surface area contributed by atoms with Gasteiger partial charge in [0.1, 0.15) is 0 Å². The van der Waals surface area contributed by atoms with Crippen LogP contribution < -0.4 is 5.32 Å². The fourth-order valence-corrected chi connectivity index (χ4v) is 1.51. The van der Waals surface area contributed by atoms with E-state index in [9.17, 15) is 9.59 Å². The van der Waals surface area contributed by atoms with E-state index in [1.165, 1.54) is 4.90 Å². The fourth-order valence-electron chi connectivity index (χ4n) is 1.51. The molecule has 2 N–H and O–H groups in total. The van der Waals surface area contributed by atoms with E-state index in [0.29, 0.717) is 17.7 Å². The van der Waals surface area contributed by atoms with Crippen LogP contribution in [0.15, 0.2) is 24.3 Å². The van der Waals surface area contributed by atoms with Crippen LogP contribution in [-0.2, 0) is 4.79 Å². The van der Waals surface area contributed by atoms with Gasteiger partial charge in [-0.2, -0.15) is 0 Å². The van der Waals surface area contributed by atoms with Crippen molar-refractivity contribution in [1.82, 2.24) is 4.90 Å². The van der Waals surface area contributed by atoms with E-state index in [2.05, 4.69) is 5.32 Å². The monoisotopic (exact) mass is 264 g/mol. The summed E-state index contributed by atoms with van der Waals surface area (Å²) in [5, 5.41) is 11.8. The maximum absolute atomic E-state index is 12.2. The van der Waals surface area contributed by atoms with Crippen molar-refractivity contribution >= 4 is 17.5 Å². The highest BCUT2D eigenvalue weighted by atomic mass is 16.3. The Morgan fingerprint density at radius 1 is 1.42 bits per heavy atom. The van der Waals surface area contributed by atoms with Crippen LogP contribution in [0, 0.1) is 0 Å². The summed E-state index contributed by atoms with van der Waals surface area (Å²) in [4.78, 5) is 24.9. The number of hydrogen-bond acceptors (Lipinski definition) is 3. The SMILES string of the molecule is CCC(=O)Nc1cccc(C(=O)N(C)C(C)CO)c1. The van der Waals surface area contributed by atoms with Crippen LogP contribution in [0.3, 0.4) is 0 Å². The third-order valence-corrected chi connectivity index (χ3v) is 2.96.